The van der Waals surface area contributed by atoms with Gasteiger partial charge in [-0.1, -0.05) is 6.42 Å². The predicted octanol–water partition coefficient (Wildman–Crippen LogP) is 4.55. The van der Waals surface area contributed by atoms with E-state index < -0.39 is 4.92 Å². The van der Waals surface area contributed by atoms with Gasteiger partial charge in [-0.15, -0.1) is 0 Å². The van der Waals surface area contributed by atoms with Crippen LogP contribution in [-0.4, -0.2) is 4.92 Å². The van der Waals surface area contributed by atoms with Crippen LogP contribution in [0.4, 0.5) is 5.69 Å². The number of non-ortho nitro benzene ring substituents is 1. The third-order valence-electron chi connectivity index (χ3n) is 5.00. The summed E-state index contributed by atoms with van der Waals surface area (Å²) in [4.78, 5) is 22.6. The maximum atomic E-state index is 12.3. The van der Waals surface area contributed by atoms with Crippen molar-refractivity contribution in [2.75, 3.05) is 0 Å². The van der Waals surface area contributed by atoms with E-state index in [1.54, 1.807) is 18.2 Å². The summed E-state index contributed by atoms with van der Waals surface area (Å²) in [5.74, 6) is 0.595. The predicted molar refractivity (Wildman–Crippen MR) is 101 cm³/mol. The van der Waals surface area contributed by atoms with Gasteiger partial charge in [-0.2, -0.15) is 0 Å². The van der Waals surface area contributed by atoms with Gasteiger partial charge in [0.15, 0.2) is 0 Å². The number of fused-ring (bicyclic) bond motifs is 3. The normalized spacial score (nSPS) is 13.8. The Bertz CT molecular complexity index is 1050. The van der Waals surface area contributed by atoms with Gasteiger partial charge in [0.1, 0.15) is 17.9 Å². The molecule has 6 heteroatoms. The molecule has 1 aromatic heterocycles. The van der Waals surface area contributed by atoms with E-state index in [9.17, 15) is 14.9 Å². The van der Waals surface area contributed by atoms with Crippen LogP contribution < -0.4 is 10.4 Å². The lowest BCUT2D eigenvalue weighted by Crippen LogP contribution is -2.10. The highest BCUT2D eigenvalue weighted by molar-refractivity contribution is 5.82. The summed E-state index contributed by atoms with van der Waals surface area (Å²) in [5, 5.41) is 11.7. The molecule has 6 nitrogen and oxygen atoms in total. The Hall–Kier alpha value is -3.15. The molecule has 0 amide bonds. The van der Waals surface area contributed by atoms with E-state index >= 15 is 0 Å². The smallest absolute Gasteiger partial charge is 0.339 e. The summed E-state index contributed by atoms with van der Waals surface area (Å²) in [7, 11) is 0. The standard InChI is InChI=1S/C21H19NO5/c23-21-19-5-3-1-2-4-17(19)18-11-10-16(12-20(18)27-21)26-13-14-6-8-15(9-7-14)22(24)25/h6-12H,1-5,13H2. The summed E-state index contributed by atoms with van der Waals surface area (Å²) in [6.45, 7) is 0.276. The van der Waals surface area contributed by atoms with E-state index in [0.717, 1.165) is 54.2 Å². The van der Waals surface area contributed by atoms with Gasteiger partial charge in [-0.3, -0.25) is 10.1 Å². The lowest BCUT2D eigenvalue weighted by atomic mass is 10.0. The van der Waals surface area contributed by atoms with Gasteiger partial charge in [-0.05, 0) is 61.1 Å². The second-order valence-corrected chi connectivity index (χ2v) is 6.78. The van der Waals surface area contributed by atoms with E-state index in [-0.39, 0.29) is 17.9 Å². The first-order chi connectivity index (χ1) is 13.1. The third kappa shape index (κ3) is 3.56. The number of hydrogen-bond donors (Lipinski definition) is 0. The van der Waals surface area contributed by atoms with Crippen molar-refractivity contribution in [3.8, 4) is 5.75 Å². The van der Waals surface area contributed by atoms with Crippen molar-refractivity contribution in [3.05, 3.63) is 79.7 Å². The Labute approximate surface area is 155 Å². The molecule has 0 unspecified atom stereocenters. The zero-order valence-corrected chi connectivity index (χ0v) is 14.8. The number of nitro benzene ring substituents is 1. The number of ether oxygens (including phenoxy) is 1. The van der Waals surface area contributed by atoms with Crippen LogP contribution in [0.25, 0.3) is 11.0 Å². The number of nitro groups is 1. The van der Waals surface area contributed by atoms with Crippen molar-refractivity contribution >= 4 is 16.7 Å². The number of benzene rings is 2. The molecule has 1 heterocycles. The fourth-order valence-electron chi connectivity index (χ4n) is 3.57. The average Bonchev–Trinajstić information content (AvgIpc) is 2.93. The first-order valence-electron chi connectivity index (χ1n) is 9.06. The molecular weight excluding hydrogens is 346 g/mol. The van der Waals surface area contributed by atoms with Gasteiger partial charge >= 0.3 is 5.63 Å². The maximum absolute atomic E-state index is 12.3. The first kappa shape index (κ1) is 17.3. The number of hydrogen-bond acceptors (Lipinski definition) is 5. The van der Waals surface area contributed by atoms with Gasteiger partial charge in [0.25, 0.3) is 5.69 Å². The second kappa shape index (κ2) is 7.23. The average molecular weight is 365 g/mol. The highest BCUT2D eigenvalue weighted by Crippen LogP contribution is 2.29. The molecule has 0 radical (unpaired) electrons. The largest absolute Gasteiger partial charge is 0.489 e. The lowest BCUT2D eigenvalue weighted by molar-refractivity contribution is -0.384. The van der Waals surface area contributed by atoms with E-state index in [1.807, 2.05) is 12.1 Å². The van der Waals surface area contributed by atoms with Crippen LogP contribution in [0.2, 0.25) is 0 Å². The van der Waals surface area contributed by atoms with Gasteiger partial charge in [0, 0.05) is 29.1 Å². The SMILES string of the molecule is O=c1oc2cc(OCc3ccc([N+](=O)[O-])cc3)ccc2c2c1CCCCC2. The number of rotatable bonds is 4. The van der Waals surface area contributed by atoms with E-state index in [4.69, 9.17) is 9.15 Å². The molecule has 0 N–H and O–H groups in total. The molecule has 0 bridgehead atoms. The van der Waals surface area contributed by atoms with Crippen LogP contribution in [-0.2, 0) is 19.4 Å². The molecule has 0 aliphatic heterocycles. The van der Waals surface area contributed by atoms with Crippen molar-refractivity contribution < 1.29 is 14.1 Å². The molecule has 138 valence electrons. The van der Waals surface area contributed by atoms with Crippen LogP contribution in [0.15, 0.2) is 51.7 Å². The zero-order chi connectivity index (χ0) is 18.8. The van der Waals surface area contributed by atoms with E-state index in [1.165, 1.54) is 12.1 Å². The van der Waals surface area contributed by atoms with Crippen LogP contribution in [0.5, 0.6) is 5.75 Å². The molecule has 0 saturated heterocycles. The zero-order valence-electron chi connectivity index (χ0n) is 14.8. The number of nitrogens with zero attached hydrogens (tertiary/aromatic N) is 1. The molecule has 2 aromatic carbocycles. The van der Waals surface area contributed by atoms with Crippen molar-refractivity contribution in [2.45, 2.75) is 38.7 Å². The Morgan fingerprint density at radius 2 is 1.74 bits per heavy atom. The molecule has 3 aromatic rings. The maximum Gasteiger partial charge on any atom is 0.339 e. The third-order valence-corrected chi connectivity index (χ3v) is 5.00. The molecule has 1 aliphatic rings. The Kier molecular flexibility index (Phi) is 4.62. The van der Waals surface area contributed by atoms with E-state index in [2.05, 4.69) is 0 Å². The topological polar surface area (TPSA) is 82.6 Å². The van der Waals surface area contributed by atoms with Crippen molar-refractivity contribution in [1.82, 2.24) is 0 Å². The molecule has 1 aliphatic carbocycles. The molecule has 0 spiro atoms. The molecule has 0 fully saturated rings. The van der Waals surface area contributed by atoms with Gasteiger partial charge in [-0.25, -0.2) is 4.79 Å². The summed E-state index contributed by atoms with van der Waals surface area (Å²) in [6, 6.07) is 11.8. The van der Waals surface area contributed by atoms with E-state index in [0.29, 0.717) is 11.3 Å². The minimum atomic E-state index is -0.432. The molecular formula is C21H19NO5. The second-order valence-electron chi connectivity index (χ2n) is 6.78. The fraction of sp³-hybridized carbons (Fsp3) is 0.286. The monoisotopic (exact) mass is 365 g/mol. The van der Waals surface area contributed by atoms with Crippen LogP contribution >= 0.6 is 0 Å². The quantitative estimate of drug-likeness (QED) is 0.293. The Morgan fingerprint density at radius 1 is 1.00 bits per heavy atom. The molecule has 4 rings (SSSR count). The summed E-state index contributed by atoms with van der Waals surface area (Å²) in [5.41, 5.74) is 3.10. The van der Waals surface area contributed by atoms with Crippen LogP contribution in [0.1, 0.15) is 36.0 Å². The highest BCUT2D eigenvalue weighted by Gasteiger charge is 2.17. The summed E-state index contributed by atoms with van der Waals surface area (Å²) >= 11 is 0. The minimum absolute atomic E-state index is 0.0481. The van der Waals surface area contributed by atoms with Crippen molar-refractivity contribution in [1.29, 1.82) is 0 Å². The van der Waals surface area contributed by atoms with Crippen molar-refractivity contribution in [2.24, 2.45) is 0 Å². The van der Waals surface area contributed by atoms with Gasteiger partial charge < -0.3 is 9.15 Å². The van der Waals surface area contributed by atoms with Crippen LogP contribution in [0, 0.1) is 10.1 Å². The van der Waals surface area contributed by atoms with Crippen LogP contribution in [0.3, 0.4) is 0 Å². The minimum Gasteiger partial charge on any atom is -0.489 e. The highest BCUT2D eigenvalue weighted by atomic mass is 16.6. The number of aryl methyl sites for hydroxylation is 1. The first-order valence-corrected chi connectivity index (χ1v) is 9.06. The molecule has 0 saturated carbocycles. The Balaban J connectivity index is 1.58. The van der Waals surface area contributed by atoms with Crippen molar-refractivity contribution in [3.63, 3.8) is 0 Å². The lowest BCUT2D eigenvalue weighted by Gasteiger charge is -2.11. The fourth-order valence-corrected chi connectivity index (χ4v) is 3.57. The molecule has 0 atom stereocenters. The summed E-state index contributed by atoms with van der Waals surface area (Å²) in [6.07, 6.45) is 4.93. The summed E-state index contributed by atoms with van der Waals surface area (Å²) < 4.78 is 11.3. The Morgan fingerprint density at radius 3 is 2.48 bits per heavy atom. The van der Waals surface area contributed by atoms with Gasteiger partial charge in [0.2, 0.25) is 0 Å². The van der Waals surface area contributed by atoms with Gasteiger partial charge in [0.05, 0.1) is 4.92 Å². The molecule has 27 heavy (non-hydrogen) atoms.